The van der Waals surface area contributed by atoms with Crippen LogP contribution in [-0.4, -0.2) is 51.1 Å². The van der Waals surface area contributed by atoms with Gasteiger partial charge in [0, 0.05) is 0 Å². The molecule has 4 atom stereocenters. The highest BCUT2D eigenvalue weighted by Crippen LogP contribution is 2.27. The van der Waals surface area contributed by atoms with Gasteiger partial charge in [-0.1, -0.05) is 0 Å². The molecule has 5 nitrogen and oxygen atoms in total. The molecule has 11 heavy (non-hydrogen) atoms. The van der Waals surface area contributed by atoms with Crippen molar-refractivity contribution in [3.8, 4) is 0 Å². The van der Waals surface area contributed by atoms with Crippen molar-refractivity contribution in [2.45, 2.75) is 31.0 Å². The normalized spacial score (nSPS) is 51.5. The number of aliphatic hydroxyl groups excluding tert-OH is 3. The van der Waals surface area contributed by atoms with E-state index in [9.17, 15) is 5.11 Å². The molecule has 1 unspecified atom stereocenters. The summed E-state index contributed by atoms with van der Waals surface area (Å²) in [5.74, 6) is -1.76. The number of aliphatic hydroxyl groups is 4. The van der Waals surface area contributed by atoms with Gasteiger partial charge >= 0.3 is 0 Å². The van der Waals surface area contributed by atoms with Gasteiger partial charge in [0.2, 0.25) is 0 Å². The van der Waals surface area contributed by atoms with Crippen molar-refractivity contribution >= 4 is 0 Å². The van der Waals surface area contributed by atoms with Gasteiger partial charge in [-0.25, -0.2) is 0 Å². The summed E-state index contributed by atoms with van der Waals surface area (Å²) in [6, 6.07) is 0. The molecule has 1 rings (SSSR count). The smallest absolute Gasteiger partial charge is 0.192 e. The Morgan fingerprint density at radius 2 is 2.00 bits per heavy atom. The Bertz CT molecular complexity index is 146. The summed E-state index contributed by atoms with van der Waals surface area (Å²) in [6.45, 7) is 0.810. The summed E-state index contributed by atoms with van der Waals surface area (Å²) in [7, 11) is 0. The third-order valence-electron chi connectivity index (χ3n) is 1.82. The van der Waals surface area contributed by atoms with Crippen molar-refractivity contribution in [1.82, 2.24) is 0 Å². The third kappa shape index (κ3) is 1.38. The molecular weight excluding hydrogens is 152 g/mol. The number of hydrogen-bond donors (Lipinski definition) is 4. The van der Waals surface area contributed by atoms with E-state index in [0.717, 1.165) is 0 Å². The average Bonchev–Trinajstić information content (AvgIpc) is 2.13. The highest BCUT2D eigenvalue weighted by Gasteiger charge is 2.49. The molecule has 0 aromatic carbocycles. The maximum atomic E-state index is 9.19. The SMILES string of the molecule is CC1(O)O[C@H](CO)[C@H](O)[C@H]1O. The van der Waals surface area contributed by atoms with E-state index >= 15 is 0 Å². The quantitative estimate of drug-likeness (QED) is 0.353. The molecule has 0 saturated carbocycles. The molecule has 1 aliphatic heterocycles. The molecule has 66 valence electrons. The minimum atomic E-state index is -1.76. The number of ether oxygens (including phenoxy) is 1. The first kappa shape index (κ1) is 8.89. The molecular formula is C6H12O5. The van der Waals surface area contributed by atoms with Crippen molar-refractivity contribution in [2.24, 2.45) is 0 Å². The van der Waals surface area contributed by atoms with Gasteiger partial charge in [-0.15, -0.1) is 0 Å². The molecule has 0 aromatic rings. The second kappa shape index (κ2) is 2.69. The zero-order chi connectivity index (χ0) is 8.65. The molecule has 0 aromatic heterocycles. The molecule has 1 aliphatic rings. The highest BCUT2D eigenvalue weighted by atomic mass is 16.7. The van der Waals surface area contributed by atoms with Crippen molar-refractivity contribution in [1.29, 1.82) is 0 Å². The van der Waals surface area contributed by atoms with Gasteiger partial charge in [0.25, 0.3) is 0 Å². The predicted octanol–water partition coefficient (Wildman–Crippen LogP) is -2.19. The minimum Gasteiger partial charge on any atom is -0.394 e. The van der Waals surface area contributed by atoms with Crippen LogP contribution in [0, 0.1) is 0 Å². The lowest BCUT2D eigenvalue weighted by atomic mass is 10.1. The third-order valence-corrected chi connectivity index (χ3v) is 1.82. The second-order valence-electron chi connectivity index (χ2n) is 2.83. The number of rotatable bonds is 1. The van der Waals surface area contributed by atoms with E-state index in [-0.39, 0.29) is 0 Å². The lowest BCUT2D eigenvalue weighted by Crippen LogP contribution is -2.40. The minimum absolute atomic E-state index is 0.422. The van der Waals surface area contributed by atoms with E-state index in [1.807, 2.05) is 0 Å². The standard InChI is InChI=1S/C6H12O5/c1-6(10)5(9)4(8)3(2-7)11-6/h3-5,7-10H,2H2,1H3/t3-,4+,5-,6?/m1/s1. The molecule has 0 aliphatic carbocycles. The van der Waals surface area contributed by atoms with Gasteiger partial charge in [0.1, 0.15) is 18.3 Å². The lowest BCUT2D eigenvalue weighted by molar-refractivity contribution is -0.217. The van der Waals surface area contributed by atoms with Gasteiger partial charge in [-0.2, -0.15) is 0 Å². The van der Waals surface area contributed by atoms with Crippen molar-refractivity contribution in [2.75, 3.05) is 6.61 Å². The molecule has 5 heteroatoms. The molecule has 1 heterocycles. The van der Waals surface area contributed by atoms with Crippen LogP contribution in [0.15, 0.2) is 0 Å². The van der Waals surface area contributed by atoms with Crippen molar-refractivity contribution < 1.29 is 25.2 Å². The van der Waals surface area contributed by atoms with Crippen LogP contribution in [0.5, 0.6) is 0 Å². The first-order valence-corrected chi connectivity index (χ1v) is 3.36. The van der Waals surface area contributed by atoms with Crippen LogP contribution in [-0.2, 0) is 4.74 Å². The van der Waals surface area contributed by atoms with E-state index in [1.54, 1.807) is 0 Å². The predicted molar refractivity (Wildman–Crippen MR) is 34.6 cm³/mol. The number of hydrogen-bond acceptors (Lipinski definition) is 5. The largest absolute Gasteiger partial charge is 0.394 e. The van der Waals surface area contributed by atoms with Crippen LogP contribution >= 0.6 is 0 Å². The summed E-state index contributed by atoms with van der Waals surface area (Å²) in [5.41, 5.74) is 0. The molecule has 4 N–H and O–H groups in total. The zero-order valence-corrected chi connectivity index (χ0v) is 6.14. The summed E-state index contributed by atoms with van der Waals surface area (Å²) in [4.78, 5) is 0. The van der Waals surface area contributed by atoms with Crippen LogP contribution in [0.2, 0.25) is 0 Å². The van der Waals surface area contributed by atoms with Crippen LogP contribution in [0.3, 0.4) is 0 Å². The van der Waals surface area contributed by atoms with Gasteiger partial charge in [-0.3, -0.25) is 0 Å². The lowest BCUT2D eigenvalue weighted by Gasteiger charge is -2.19. The molecule has 0 spiro atoms. The highest BCUT2D eigenvalue weighted by molar-refractivity contribution is 4.92. The van der Waals surface area contributed by atoms with Crippen LogP contribution in [0.1, 0.15) is 6.92 Å². The van der Waals surface area contributed by atoms with Gasteiger partial charge in [-0.05, 0) is 6.92 Å². The van der Waals surface area contributed by atoms with Gasteiger partial charge in [0.15, 0.2) is 5.79 Å². The molecule has 0 amide bonds. The Labute approximate surface area is 63.8 Å². The maximum Gasteiger partial charge on any atom is 0.192 e. The molecule has 0 bridgehead atoms. The second-order valence-corrected chi connectivity index (χ2v) is 2.83. The first-order valence-electron chi connectivity index (χ1n) is 3.36. The molecule has 1 saturated heterocycles. The topological polar surface area (TPSA) is 90.2 Å². The first-order chi connectivity index (χ1) is 4.99. The van der Waals surface area contributed by atoms with Crippen LogP contribution in [0.25, 0.3) is 0 Å². The van der Waals surface area contributed by atoms with Gasteiger partial charge in [0.05, 0.1) is 6.61 Å². The molecule has 1 fully saturated rings. The molecule has 0 radical (unpaired) electrons. The Balaban J connectivity index is 2.69. The van der Waals surface area contributed by atoms with E-state index in [1.165, 1.54) is 6.92 Å². The van der Waals surface area contributed by atoms with E-state index in [4.69, 9.17) is 20.1 Å². The fraction of sp³-hybridized carbons (Fsp3) is 1.00. The van der Waals surface area contributed by atoms with E-state index in [2.05, 4.69) is 0 Å². The summed E-state index contributed by atoms with van der Waals surface area (Å²) >= 11 is 0. The summed E-state index contributed by atoms with van der Waals surface area (Å²) in [5, 5.41) is 36.0. The van der Waals surface area contributed by atoms with E-state index < -0.39 is 30.7 Å². The average molecular weight is 164 g/mol. The Kier molecular flexibility index (Phi) is 2.17. The van der Waals surface area contributed by atoms with E-state index in [0.29, 0.717) is 0 Å². The van der Waals surface area contributed by atoms with Gasteiger partial charge < -0.3 is 25.2 Å². The summed E-state index contributed by atoms with van der Waals surface area (Å²) < 4.78 is 4.73. The van der Waals surface area contributed by atoms with Crippen LogP contribution in [0.4, 0.5) is 0 Å². The van der Waals surface area contributed by atoms with Crippen LogP contribution < -0.4 is 0 Å². The Morgan fingerprint density at radius 3 is 2.18 bits per heavy atom. The zero-order valence-electron chi connectivity index (χ0n) is 6.14. The maximum absolute atomic E-state index is 9.19. The Hall–Kier alpha value is -0.200. The monoisotopic (exact) mass is 164 g/mol. The Morgan fingerprint density at radius 1 is 1.45 bits per heavy atom. The summed E-state index contributed by atoms with van der Waals surface area (Å²) in [6.07, 6.45) is -3.49. The van der Waals surface area contributed by atoms with Crippen molar-refractivity contribution in [3.63, 3.8) is 0 Å². The fourth-order valence-electron chi connectivity index (χ4n) is 1.11. The fourth-order valence-corrected chi connectivity index (χ4v) is 1.11. The van der Waals surface area contributed by atoms with Crippen molar-refractivity contribution in [3.05, 3.63) is 0 Å².